The SMILES string of the molecule is CC(C)(C)Cc1cccc2c1N(C(C)(C)C)C(C(=O)NCc1c[nH]nn1)C2. The highest BCUT2D eigenvalue weighted by Crippen LogP contribution is 2.42. The first kappa shape index (κ1) is 19.4. The molecule has 0 saturated heterocycles. The van der Waals surface area contributed by atoms with Gasteiger partial charge in [-0.1, -0.05) is 44.2 Å². The van der Waals surface area contributed by atoms with Gasteiger partial charge in [0.15, 0.2) is 0 Å². The molecule has 6 heteroatoms. The fourth-order valence-corrected chi connectivity index (χ4v) is 3.91. The number of hydrogen-bond donors (Lipinski definition) is 2. The van der Waals surface area contributed by atoms with Gasteiger partial charge in [-0.3, -0.25) is 9.89 Å². The number of benzene rings is 1. The van der Waals surface area contributed by atoms with Crippen LogP contribution in [0.3, 0.4) is 0 Å². The molecule has 2 N–H and O–H groups in total. The lowest BCUT2D eigenvalue weighted by atomic mass is 9.86. The predicted molar refractivity (Wildman–Crippen MR) is 108 cm³/mol. The van der Waals surface area contributed by atoms with Crippen LogP contribution < -0.4 is 10.2 Å². The van der Waals surface area contributed by atoms with Gasteiger partial charge in [-0.2, -0.15) is 0 Å². The number of para-hydroxylation sites is 1. The maximum absolute atomic E-state index is 13.1. The third-order valence-corrected chi connectivity index (χ3v) is 4.83. The number of hydrogen-bond acceptors (Lipinski definition) is 4. The Labute approximate surface area is 161 Å². The lowest BCUT2D eigenvalue weighted by Crippen LogP contribution is -2.53. The summed E-state index contributed by atoms with van der Waals surface area (Å²) in [6.07, 6.45) is 3.41. The second kappa shape index (κ2) is 6.98. The molecule has 0 bridgehead atoms. The number of nitrogens with zero attached hydrogens (tertiary/aromatic N) is 3. The Kier molecular flexibility index (Phi) is 5.02. The fourth-order valence-electron chi connectivity index (χ4n) is 3.91. The van der Waals surface area contributed by atoms with Crippen molar-refractivity contribution in [2.24, 2.45) is 5.41 Å². The second-order valence-corrected chi connectivity index (χ2v) is 9.61. The van der Waals surface area contributed by atoms with Gasteiger partial charge in [-0.05, 0) is 43.7 Å². The highest BCUT2D eigenvalue weighted by atomic mass is 16.2. The molecule has 0 aliphatic carbocycles. The number of aromatic amines is 1. The van der Waals surface area contributed by atoms with Crippen molar-refractivity contribution in [1.82, 2.24) is 20.7 Å². The summed E-state index contributed by atoms with van der Waals surface area (Å²) in [6.45, 7) is 13.7. The van der Waals surface area contributed by atoms with Crippen LogP contribution in [0.4, 0.5) is 5.69 Å². The lowest BCUT2D eigenvalue weighted by Gasteiger charge is -2.40. The molecule has 0 saturated carbocycles. The summed E-state index contributed by atoms with van der Waals surface area (Å²) in [5, 5.41) is 13.3. The van der Waals surface area contributed by atoms with Gasteiger partial charge in [0.2, 0.25) is 5.91 Å². The van der Waals surface area contributed by atoms with Gasteiger partial charge in [-0.25, -0.2) is 0 Å². The lowest BCUT2D eigenvalue weighted by molar-refractivity contribution is -0.122. The van der Waals surface area contributed by atoms with Gasteiger partial charge in [-0.15, -0.1) is 5.10 Å². The Hall–Kier alpha value is -2.37. The van der Waals surface area contributed by atoms with Crippen molar-refractivity contribution in [3.63, 3.8) is 0 Å². The number of carbonyl (C=O) groups is 1. The van der Waals surface area contributed by atoms with Crippen molar-refractivity contribution in [2.45, 2.75) is 72.5 Å². The zero-order chi connectivity index (χ0) is 19.8. The van der Waals surface area contributed by atoms with E-state index in [4.69, 9.17) is 0 Å². The van der Waals surface area contributed by atoms with Crippen LogP contribution in [-0.2, 0) is 24.2 Å². The maximum Gasteiger partial charge on any atom is 0.243 e. The molecule has 6 nitrogen and oxygen atoms in total. The van der Waals surface area contributed by atoms with Gasteiger partial charge >= 0.3 is 0 Å². The number of nitrogens with one attached hydrogen (secondary N) is 2. The summed E-state index contributed by atoms with van der Waals surface area (Å²) in [4.78, 5) is 15.4. The Balaban J connectivity index is 1.90. The van der Waals surface area contributed by atoms with E-state index in [1.807, 2.05) is 0 Å². The van der Waals surface area contributed by atoms with Crippen LogP contribution in [0.5, 0.6) is 0 Å². The van der Waals surface area contributed by atoms with Crippen LogP contribution in [0, 0.1) is 5.41 Å². The molecular formula is C21H31N5O. The Bertz CT molecular complexity index is 799. The van der Waals surface area contributed by atoms with Crippen molar-refractivity contribution in [1.29, 1.82) is 0 Å². The summed E-state index contributed by atoms with van der Waals surface area (Å²) in [5.74, 6) is 0.0332. The number of aromatic nitrogens is 3. The zero-order valence-electron chi connectivity index (χ0n) is 17.3. The molecule has 2 aromatic rings. The van der Waals surface area contributed by atoms with E-state index in [1.165, 1.54) is 16.8 Å². The van der Waals surface area contributed by atoms with Gasteiger partial charge in [0.1, 0.15) is 11.7 Å². The van der Waals surface area contributed by atoms with Crippen LogP contribution in [-0.4, -0.2) is 32.9 Å². The van der Waals surface area contributed by atoms with E-state index in [0.717, 1.165) is 18.5 Å². The largest absolute Gasteiger partial charge is 0.354 e. The first-order valence-electron chi connectivity index (χ1n) is 9.59. The Morgan fingerprint density at radius 3 is 2.59 bits per heavy atom. The molecule has 0 radical (unpaired) electrons. The summed E-state index contributed by atoms with van der Waals surface area (Å²) < 4.78 is 0. The monoisotopic (exact) mass is 369 g/mol. The van der Waals surface area contributed by atoms with Gasteiger partial charge in [0.25, 0.3) is 0 Å². The van der Waals surface area contributed by atoms with E-state index in [9.17, 15) is 4.79 Å². The van der Waals surface area contributed by atoms with Crippen LogP contribution in [0.25, 0.3) is 0 Å². The minimum absolute atomic E-state index is 0.0332. The van der Waals surface area contributed by atoms with E-state index >= 15 is 0 Å². The normalized spacial score (nSPS) is 17.1. The second-order valence-electron chi connectivity index (χ2n) is 9.61. The average molecular weight is 370 g/mol. The van der Waals surface area contributed by atoms with Gasteiger partial charge in [0.05, 0.1) is 6.54 Å². The van der Waals surface area contributed by atoms with Crippen molar-refractivity contribution >= 4 is 11.6 Å². The molecule has 1 amide bonds. The first-order valence-corrected chi connectivity index (χ1v) is 9.59. The van der Waals surface area contributed by atoms with Crippen molar-refractivity contribution in [3.05, 3.63) is 41.2 Å². The molecule has 3 rings (SSSR count). The quantitative estimate of drug-likeness (QED) is 0.868. The molecule has 1 aliphatic heterocycles. The molecule has 0 spiro atoms. The molecule has 1 atom stereocenters. The summed E-state index contributed by atoms with van der Waals surface area (Å²) >= 11 is 0. The average Bonchev–Trinajstić information content (AvgIpc) is 3.18. The molecule has 27 heavy (non-hydrogen) atoms. The molecule has 146 valence electrons. The summed E-state index contributed by atoms with van der Waals surface area (Å²) in [5.41, 5.74) is 4.58. The number of rotatable bonds is 4. The Morgan fingerprint density at radius 2 is 2.00 bits per heavy atom. The number of carbonyl (C=O) groups excluding carboxylic acids is 1. The van der Waals surface area contributed by atoms with E-state index in [1.54, 1.807) is 6.20 Å². The highest BCUT2D eigenvalue weighted by Gasteiger charge is 2.41. The Morgan fingerprint density at radius 1 is 1.26 bits per heavy atom. The van der Waals surface area contributed by atoms with E-state index in [-0.39, 0.29) is 22.9 Å². The smallest absolute Gasteiger partial charge is 0.243 e. The van der Waals surface area contributed by atoms with Crippen molar-refractivity contribution < 1.29 is 4.79 Å². The van der Waals surface area contributed by atoms with E-state index in [2.05, 4.69) is 85.4 Å². The molecule has 1 aliphatic rings. The number of H-pyrrole nitrogens is 1. The van der Waals surface area contributed by atoms with Gasteiger partial charge in [0, 0.05) is 23.8 Å². The molecule has 2 heterocycles. The molecule has 1 aromatic carbocycles. The van der Waals surface area contributed by atoms with Crippen LogP contribution in [0.15, 0.2) is 24.4 Å². The zero-order valence-corrected chi connectivity index (χ0v) is 17.3. The van der Waals surface area contributed by atoms with Crippen LogP contribution in [0.2, 0.25) is 0 Å². The van der Waals surface area contributed by atoms with Crippen molar-refractivity contribution in [3.8, 4) is 0 Å². The topological polar surface area (TPSA) is 73.9 Å². The van der Waals surface area contributed by atoms with Crippen molar-refractivity contribution in [2.75, 3.05) is 4.90 Å². The molecule has 1 unspecified atom stereocenters. The number of anilines is 1. The summed E-state index contributed by atoms with van der Waals surface area (Å²) in [7, 11) is 0. The minimum Gasteiger partial charge on any atom is -0.354 e. The molecular weight excluding hydrogens is 338 g/mol. The number of amides is 1. The maximum atomic E-state index is 13.1. The molecule has 1 aromatic heterocycles. The van der Waals surface area contributed by atoms with E-state index < -0.39 is 0 Å². The summed E-state index contributed by atoms with van der Waals surface area (Å²) in [6, 6.07) is 6.27. The molecule has 0 fully saturated rings. The number of fused-ring (bicyclic) bond motifs is 1. The fraction of sp³-hybridized carbons (Fsp3) is 0.571. The first-order chi connectivity index (χ1) is 12.6. The third-order valence-electron chi connectivity index (χ3n) is 4.83. The van der Waals surface area contributed by atoms with Crippen LogP contribution >= 0.6 is 0 Å². The van der Waals surface area contributed by atoms with Crippen LogP contribution in [0.1, 0.15) is 58.4 Å². The highest BCUT2D eigenvalue weighted by molar-refractivity contribution is 5.89. The van der Waals surface area contributed by atoms with E-state index in [0.29, 0.717) is 6.54 Å². The predicted octanol–water partition coefficient (Wildman–Crippen LogP) is 3.24. The van der Waals surface area contributed by atoms with Gasteiger partial charge < -0.3 is 10.2 Å². The third kappa shape index (κ3) is 4.31. The minimum atomic E-state index is -0.215. The standard InChI is InChI=1S/C21H31N5O/c1-20(2,3)11-15-9-7-8-14-10-17(26(18(14)15)21(4,5)6)19(27)22-12-16-13-23-25-24-16/h7-9,13,17H,10-12H2,1-6H3,(H,22,27)(H,23,24,25).